The van der Waals surface area contributed by atoms with Gasteiger partial charge < -0.3 is 14.7 Å². The molecule has 0 spiro atoms. The van der Waals surface area contributed by atoms with Gasteiger partial charge in [0.1, 0.15) is 0 Å². The number of rotatable bonds is 6. The Bertz CT molecular complexity index is 445. The quantitative estimate of drug-likeness (QED) is 0.575. The molecule has 0 aliphatic rings. The Morgan fingerprint density at radius 3 is 2.24 bits per heavy atom. The maximum absolute atomic E-state index is 11.1. The van der Waals surface area contributed by atoms with E-state index in [0.29, 0.717) is 6.42 Å². The maximum atomic E-state index is 11.1. The van der Waals surface area contributed by atoms with E-state index in [1.165, 1.54) is 4.86 Å². The number of benzene rings is 1. The predicted octanol–water partition coefficient (Wildman–Crippen LogP) is 1.03. The van der Waals surface area contributed by atoms with Gasteiger partial charge in [0, 0.05) is 0 Å². The summed E-state index contributed by atoms with van der Waals surface area (Å²) in [5, 5.41) is 0. The van der Waals surface area contributed by atoms with Crippen molar-refractivity contribution in [2.45, 2.75) is 6.42 Å². The minimum Gasteiger partial charge on any atom is -0.312 e. The van der Waals surface area contributed by atoms with Crippen molar-refractivity contribution in [3.05, 3.63) is 35.9 Å². The molecule has 0 radical (unpaired) electrons. The topological polar surface area (TPSA) is 116 Å². The molecule has 0 heterocycles. The van der Waals surface area contributed by atoms with Crippen molar-refractivity contribution >= 4 is 15.5 Å². The van der Waals surface area contributed by atoms with E-state index in [0.717, 1.165) is 5.56 Å². The summed E-state index contributed by atoms with van der Waals surface area (Å²) in [7, 11) is -9.25. The van der Waals surface area contributed by atoms with E-state index in [1.807, 2.05) is 30.3 Å². The first-order valence-electron chi connectivity index (χ1n) is 4.65. The molecule has 0 bridgehead atoms. The third-order valence-corrected chi connectivity index (χ3v) is 4.34. The van der Waals surface area contributed by atoms with Gasteiger partial charge in [0.15, 0.2) is 0 Å². The lowest BCUT2D eigenvalue weighted by Crippen LogP contribution is -2.10. The Balaban J connectivity index is 2.41. The molecule has 0 aromatic heterocycles. The first kappa shape index (κ1) is 14.5. The second kappa shape index (κ2) is 5.89. The third kappa shape index (κ3) is 6.71. The lowest BCUT2D eigenvalue weighted by molar-refractivity contribution is 0.254. The lowest BCUT2D eigenvalue weighted by atomic mass is 10.2. The van der Waals surface area contributed by atoms with Crippen LogP contribution in [0.5, 0.6) is 0 Å². The molecule has 0 amide bonds. The van der Waals surface area contributed by atoms with Gasteiger partial charge in [0.2, 0.25) is 0 Å². The minimum absolute atomic E-state index is 0.120. The van der Waals surface area contributed by atoms with Gasteiger partial charge >= 0.3 is 15.5 Å². The van der Waals surface area contributed by atoms with Crippen molar-refractivity contribution in [3.8, 4) is 0 Å². The van der Waals surface area contributed by atoms with Crippen LogP contribution < -0.4 is 4.86 Å². The summed E-state index contributed by atoms with van der Waals surface area (Å²) >= 11 is 0. The van der Waals surface area contributed by atoms with E-state index in [2.05, 4.69) is 4.52 Å². The summed E-state index contributed by atoms with van der Waals surface area (Å²) in [4.78, 5) is 27.2. The van der Waals surface area contributed by atoms with Crippen LogP contribution in [0.25, 0.3) is 0 Å². The van der Waals surface area contributed by atoms with Crippen molar-refractivity contribution in [1.82, 2.24) is 4.86 Å². The van der Waals surface area contributed by atoms with Crippen LogP contribution in [0.1, 0.15) is 5.56 Å². The molecule has 1 atom stereocenters. The zero-order valence-corrected chi connectivity index (χ0v) is 10.6. The van der Waals surface area contributed by atoms with Crippen molar-refractivity contribution in [1.29, 1.82) is 0 Å². The highest BCUT2D eigenvalue weighted by molar-refractivity contribution is 7.66. The smallest absolute Gasteiger partial charge is 0.312 e. The SMILES string of the molecule is O=P(O)(O)NP(=O)(O)OCCc1ccccc1. The van der Waals surface area contributed by atoms with E-state index < -0.39 is 15.5 Å². The highest BCUT2D eigenvalue weighted by Gasteiger charge is 2.29. The maximum Gasteiger partial charge on any atom is 0.412 e. The largest absolute Gasteiger partial charge is 0.412 e. The van der Waals surface area contributed by atoms with Crippen LogP contribution in [0.2, 0.25) is 0 Å². The fourth-order valence-corrected chi connectivity index (χ4v) is 3.01. The molecule has 7 nitrogen and oxygen atoms in total. The van der Waals surface area contributed by atoms with Gasteiger partial charge in [-0.05, 0) is 12.0 Å². The van der Waals surface area contributed by atoms with E-state index in [4.69, 9.17) is 14.7 Å². The molecular formula is C8H13NO6P2. The molecule has 0 aliphatic carbocycles. The standard InChI is InChI=1S/C8H13NO6P2/c10-16(11,12)9-17(13,14)15-7-6-8-4-2-1-3-5-8/h1-5H,6-7H2,(H4,9,10,11,12,13,14). The zero-order chi connectivity index (χ0) is 12.9. The Morgan fingerprint density at radius 1 is 1.12 bits per heavy atom. The molecule has 1 rings (SSSR count). The molecule has 0 fully saturated rings. The molecule has 17 heavy (non-hydrogen) atoms. The van der Waals surface area contributed by atoms with Gasteiger partial charge in [0.25, 0.3) is 0 Å². The molecule has 1 aromatic carbocycles. The fourth-order valence-electron chi connectivity index (χ4n) is 1.13. The summed E-state index contributed by atoms with van der Waals surface area (Å²) in [5.74, 6) is 0. The van der Waals surface area contributed by atoms with Crippen LogP contribution in [-0.2, 0) is 20.1 Å². The third-order valence-electron chi connectivity index (χ3n) is 1.76. The van der Waals surface area contributed by atoms with Crippen molar-refractivity contribution in [3.63, 3.8) is 0 Å². The van der Waals surface area contributed by atoms with E-state index in [1.54, 1.807) is 0 Å². The van der Waals surface area contributed by atoms with Gasteiger partial charge in [-0.25, -0.2) is 9.13 Å². The van der Waals surface area contributed by atoms with Crippen LogP contribution >= 0.6 is 15.5 Å². The molecule has 1 aromatic rings. The van der Waals surface area contributed by atoms with Crippen LogP contribution in [0.4, 0.5) is 0 Å². The summed E-state index contributed by atoms with van der Waals surface area (Å²) < 4.78 is 26.1. The summed E-state index contributed by atoms with van der Waals surface area (Å²) in [6.45, 7) is -0.120. The minimum atomic E-state index is -4.79. The van der Waals surface area contributed by atoms with Crippen molar-refractivity contribution < 1.29 is 28.3 Å². The number of hydrogen-bond acceptors (Lipinski definition) is 3. The fraction of sp³-hybridized carbons (Fsp3) is 0.250. The number of nitrogens with one attached hydrogen (secondary N) is 1. The second-order valence-corrected chi connectivity index (χ2v) is 6.42. The van der Waals surface area contributed by atoms with Crippen molar-refractivity contribution in [2.75, 3.05) is 6.61 Å². The second-order valence-electron chi connectivity index (χ2n) is 3.23. The van der Waals surface area contributed by atoms with E-state index in [9.17, 15) is 9.13 Å². The van der Waals surface area contributed by atoms with Crippen LogP contribution in [-0.4, -0.2) is 21.3 Å². The van der Waals surface area contributed by atoms with Crippen LogP contribution in [0.3, 0.4) is 0 Å². The van der Waals surface area contributed by atoms with E-state index >= 15 is 0 Å². The average Bonchev–Trinajstić information content (AvgIpc) is 2.15. The van der Waals surface area contributed by atoms with E-state index in [-0.39, 0.29) is 6.61 Å². The first-order valence-corrected chi connectivity index (χ1v) is 7.84. The number of hydrogen-bond donors (Lipinski definition) is 4. The summed E-state index contributed by atoms with van der Waals surface area (Å²) in [5.41, 5.74) is 0.892. The zero-order valence-electron chi connectivity index (χ0n) is 8.76. The summed E-state index contributed by atoms with van der Waals surface area (Å²) in [6.07, 6.45) is 0.369. The normalized spacial score (nSPS) is 15.5. The molecular weight excluding hydrogens is 268 g/mol. The Kier molecular flexibility index (Phi) is 5.04. The highest BCUT2D eigenvalue weighted by atomic mass is 31.3. The van der Waals surface area contributed by atoms with Gasteiger partial charge in [-0.2, -0.15) is 0 Å². The Labute approximate surface area is 98.2 Å². The molecule has 0 saturated carbocycles. The summed E-state index contributed by atoms with van der Waals surface area (Å²) in [6, 6.07) is 9.06. The van der Waals surface area contributed by atoms with Gasteiger partial charge in [-0.3, -0.25) is 4.52 Å². The van der Waals surface area contributed by atoms with Gasteiger partial charge in [0.05, 0.1) is 6.61 Å². The molecule has 96 valence electrons. The molecule has 0 saturated heterocycles. The average molecular weight is 281 g/mol. The lowest BCUT2D eigenvalue weighted by Gasteiger charge is -2.13. The highest BCUT2D eigenvalue weighted by Crippen LogP contribution is 2.48. The van der Waals surface area contributed by atoms with Gasteiger partial charge in [-0.1, -0.05) is 30.3 Å². The van der Waals surface area contributed by atoms with Crippen LogP contribution in [0.15, 0.2) is 30.3 Å². The first-order chi connectivity index (χ1) is 7.79. The predicted molar refractivity (Wildman–Crippen MR) is 61.1 cm³/mol. The molecule has 0 aliphatic heterocycles. The molecule has 4 N–H and O–H groups in total. The Hall–Kier alpha value is -0.520. The van der Waals surface area contributed by atoms with Gasteiger partial charge in [-0.15, -0.1) is 4.86 Å². The van der Waals surface area contributed by atoms with Crippen LogP contribution in [0, 0.1) is 0 Å². The monoisotopic (exact) mass is 281 g/mol. The molecule has 9 heteroatoms. The Morgan fingerprint density at radius 2 is 1.71 bits per heavy atom. The molecule has 1 unspecified atom stereocenters. The van der Waals surface area contributed by atoms with Crippen molar-refractivity contribution in [2.24, 2.45) is 0 Å².